The topological polar surface area (TPSA) is 96.0 Å². The molecule has 0 atom stereocenters. The molecule has 1 aliphatic heterocycles. The molecule has 0 spiro atoms. The molecule has 1 aliphatic rings. The highest BCUT2D eigenvalue weighted by Gasteiger charge is 2.24. The van der Waals surface area contributed by atoms with Gasteiger partial charge in [-0.1, -0.05) is 18.2 Å². The fourth-order valence-corrected chi connectivity index (χ4v) is 4.76. The maximum absolute atomic E-state index is 12.5. The Bertz CT molecular complexity index is 1100. The van der Waals surface area contributed by atoms with Gasteiger partial charge in [-0.15, -0.1) is 0 Å². The number of nitrogens with one attached hydrogen (secondary N) is 1. The summed E-state index contributed by atoms with van der Waals surface area (Å²) in [6.45, 7) is 2.76. The van der Waals surface area contributed by atoms with Crippen LogP contribution in [0.5, 0.6) is 5.75 Å². The Morgan fingerprint density at radius 1 is 1.22 bits per heavy atom. The molecule has 2 aromatic rings. The maximum atomic E-state index is 12.5. The lowest BCUT2D eigenvalue weighted by Crippen LogP contribution is -2.31. The number of nitrogens with zero attached hydrogens (tertiary/aromatic N) is 2. The molecule has 9 heteroatoms. The number of hydrogen-bond acceptors (Lipinski definition) is 5. The van der Waals surface area contributed by atoms with Crippen LogP contribution in [0.3, 0.4) is 0 Å². The average molecular weight is 460 g/mol. The summed E-state index contributed by atoms with van der Waals surface area (Å²) in [6.07, 6.45) is 2.98. The molecule has 0 unspecified atom stereocenters. The van der Waals surface area contributed by atoms with Crippen molar-refractivity contribution < 1.29 is 22.7 Å². The van der Waals surface area contributed by atoms with Crippen molar-refractivity contribution >= 4 is 38.9 Å². The van der Waals surface area contributed by atoms with Gasteiger partial charge in [0.05, 0.1) is 19.1 Å². The van der Waals surface area contributed by atoms with Gasteiger partial charge in [-0.05, 0) is 49.6 Å². The van der Waals surface area contributed by atoms with Gasteiger partial charge in [-0.25, -0.2) is 8.42 Å². The van der Waals surface area contributed by atoms with Gasteiger partial charge < -0.3 is 15.0 Å². The number of amides is 2. The zero-order chi connectivity index (χ0) is 23.3. The van der Waals surface area contributed by atoms with Crippen LogP contribution in [0.4, 0.5) is 17.1 Å². The van der Waals surface area contributed by atoms with Gasteiger partial charge in [0.2, 0.25) is 21.8 Å². The van der Waals surface area contributed by atoms with Gasteiger partial charge in [-0.2, -0.15) is 0 Å². The molecule has 1 saturated heterocycles. The van der Waals surface area contributed by atoms with Crippen LogP contribution in [0.25, 0.3) is 0 Å². The first kappa shape index (κ1) is 23.6. The number of ether oxygens (including phenoxy) is 1. The van der Waals surface area contributed by atoms with E-state index in [1.54, 1.807) is 35.2 Å². The molecule has 1 heterocycles. The minimum Gasteiger partial charge on any atom is -0.495 e. The molecule has 172 valence electrons. The zero-order valence-corrected chi connectivity index (χ0v) is 19.4. The molecule has 8 nitrogen and oxygen atoms in total. The van der Waals surface area contributed by atoms with E-state index in [1.165, 1.54) is 11.4 Å². The van der Waals surface area contributed by atoms with E-state index in [0.717, 1.165) is 23.9 Å². The van der Waals surface area contributed by atoms with Crippen LogP contribution in [0.1, 0.15) is 31.2 Å². The first-order valence-corrected chi connectivity index (χ1v) is 12.4. The number of aryl methyl sites for hydroxylation is 1. The summed E-state index contributed by atoms with van der Waals surface area (Å²) < 4.78 is 31.2. The Labute approximate surface area is 189 Å². The van der Waals surface area contributed by atoms with E-state index in [2.05, 4.69) is 5.32 Å². The highest BCUT2D eigenvalue weighted by molar-refractivity contribution is 7.92. The lowest BCUT2D eigenvalue weighted by Gasteiger charge is -2.24. The number of benzene rings is 2. The first-order chi connectivity index (χ1) is 15.2. The van der Waals surface area contributed by atoms with Gasteiger partial charge in [0.1, 0.15) is 5.75 Å². The molecule has 1 N–H and O–H groups in total. The second-order valence-electron chi connectivity index (χ2n) is 7.81. The number of anilines is 3. The Kier molecular flexibility index (Phi) is 7.40. The summed E-state index contributed by atoms with van der Waals surface area (Å²) in [4.78, 5) is 26.3. The van der Waals surface area contributed by atoms with Crippen LogP contribution in [-0.2, 0) is 19.6 Å². The van der Waals surface area contributed by atoms with Crippen molar-refractivity contribution in [3.63, 3.8) is 0 Å². The van der Waals surface area contributed by atoms with E-state index in [1.807, 2.05) is 19.1 Å². The lowest BCUT2D eigenvalue weighted by atomic mass is 10.1. The average Bonchev–Trinajstić information content (AvgIpc) is 3.17. The Morgan fingerprint density at radius 2 is 1.97 bits per heavy atom. The Morgan fingerprint density at radius 3 is 2.62 bits per heavy atom. The highest BCUT2D eigenvalue weighted by atomic mass is 32.2. The standard InChI is InChI=1S/C23H29N3O5S/c1-17-12-13-18(16-20(17)25-14-7-11-23(25)28)24-22(27)10-6-15-26(32(3,29)30)19-8-4-5-9-21(19)31-2/h4-5,8-9,12-13,16H,6-7,10-11,14-15H2,1-3H3,(H,24,27). The Balaban J connectivity index is 1.63. The number of carbonyl (C=O) groups is 2. The highest BCUT2D eigenvalue weighted by Crippen LogP contribution is 2.30. The number of methoxy groups -OCH3 is 1. The Hall–Kier alpha value is -3.07. The normalized spacial score (nSPS) is 13.8. The van der Waals surface area contributed by atoms with E-state index in [0.29, 0.717) is 36.5 Å². The minimum absolute atomic E-state index is 0.0915. The molecule has 2 amide bonds. The first-order valence-electron chi connectivity index (χ1n) is 10.5. The summed E-state index contributed by atoms with van der Waals surface area (Å²) in [5.74, 6) is 0.320. The maximum Gasteiger partial charge on any atom is 0.232 e. The fraction of sp³-hybridized carbons (Fsp3) is 0.391. The van der Waals surface area contributed by atoms with Crippen LogP contribution >= 0.6 is 0 Å². The molecule has 1 fully saturated rings. The fourth-order valence-electron chi connectivity index (χ4n) is 3.79. The number of hydrogen-bond donors (Lipinski definition) is 1. The molecular weight excluding hydrogens is 430 g/mol. The molecular formula is C23H29N3O5S. The molecule has 0 aromatic heterocycles. The number of rotatable bonds is 9. The summed E-state index contributed by atoms with van der Waals surface area (Å²) in [5, 5.41) is 2.85. The molecule has 2 aromatic carbocycles. The SMILES string of the molecule is COc1ccccc1N(CCCC(=O)Nc1ccc(C)c(N2CCCC2=O)c1)S(C)(=O)=O. The number of para-hydroxylation sites is 2. The monoisotopic (exact) mass is 459 g/mol. The summed E-state index contributed by atoms with van der Waals surface area (Å²) in [5.41, 5.74) is 2.83. The van der Waals surface area contributed by atoms with Gasteiger partial charge in [-0.3, -0.25) is 13.9 Å². The molecule has 0 bridgehead atoms. The second kappa shape index (κ2) is 10.0. The van der Waals surface area contributed by atoms with E-state index >= 15 is 0 Å². The van der Waals surface area contributed by atoms with Gasteiger partial charge in [0.15, 0.2) is 0 Å². The van der Waals surface area contributed by atoms with Crippen LogP contribution in [0.15, 0.2) is 42.5 Å². The van der Waals surface area contributed by atoms with Crippen molar-refractivity contribution in [2.45, 2.75) is 32.6 Å². The molecule has 0 radical (unpaired) electrons. The van der Waals surface area contributed by atoms with Crippen LogP contribution in [0.2, 0.25) is 0 Å². The smallest absolute Gasteiger partial charge is 0.232 e. The summed E-state index contributed by atoms with van der Waals surface area (Å²) in [6, 6.07) is 12.4. The summed E-state index contributed by atoms with van der Waals surface area (Å²) >= 11 is 0. The van der Waals surface area contributed by atoms with Crippen LogP contribution in [-0.4, -0.2) is 46.7 Å². The van der Waals surface area contributed by atoms with Gasteiger partial charge >= 0.3 is 0 Å². The predicted octanol–water partition coefficient (Wildman–Crippen LogP) is 3.32. The third-order valence-corrected chi connectivity index (χ3v) is 6.56. The van der Waals surface area contributed by atoms with Crippen LogP contribution < -0.4 is 19.3 Å². The molecule has 0 saturated carbocycles. The van der Waals surface area contributed by atoms with Crippen molar-refractivity contribution in [1.82, 2.24) is 0 Å². The molecule has 3 rings (SSSR count). The van der Waals surface area contributed by atoms with Gasteiger partial charge in [0.25, 0.3) is 0 Å². The predicted molar refractivity (Wildman–Crippen MR) is 126 cm³/mol. The zero-order valence-electron chi connectivity index (χ0n) is 18.6. The van der Waals surface area contributed by atoms with E-state index in [4.69, 9.17) is 4.74 Å². The molecule has 32 heavy (non-hydrogen) atoms. The van der Waals surface area contributed by atoms with Crippen molar-refractivity contribution in [2.24, 2.45) is 0 Å². The largest absolute Gasteiger partial charge is 0.495 e. The third-order valence-electron chi connectivity index (χ3n) is 5.38. The van der Waals surface area contributed by atoms with Crippen molar-refractivity contribution in [2.75, 3.05) is 41.0 Å². The number of carbonyl (C=O) groups excluding carboxylic acids is 2. The quantitative estimate of drug-likeness (QED) is 0.621. The molecule has 0 aliphatic carbocycles. The van der Waals surface area contributed by atoms with Crippen molar-refractivity contribution in [1.29, 1.82) is 0 Å². The lowest BCUT2D eigenvalue weighted by molar-refractivity contribution is -0.117. The second-order valence-corrected chi connectivity index (χ2v) is 9.72. The minimum atomic E-state index is -3.55. The van der Waals surface area contributed by atoms with E-state index < -0.39 is 10.0 Å². The third kappa shape index (κ3) is 5.59. The van der Waals surface area contributed by atoms with Crippen molar-refractivity contribution in [3.05, 3.63) is 48.0 Å². The van der Waals surface area contributed by atoms with E-state index in [-0.39, 0.29) is 24.8 Å². The van der Waals surface area contributed by atoms with Gasteiger partial charge in [0, 0.05) is 37.3 Å². The van der Waals surface area contributed by atoms with Crippen molar-refractivity contribution in [3.8, 4) is 5.75 Å². The number of sulfonamides is 1. The van der Waals surface area contributed by atoms with Crippen LogP contribution in [0, 0.1) is 6.92 Å². The summed E-state index contributed by atoms with van der Waals surface area (Å²) in [7, 11) is -2.06. The van der Waals surface area contributed by atoms with E-state index in [9.17, 15) is 18.0 Å².